The quantitative estimate of drug-likeness (QED) is 0.290. The van der Waals surface area contributed by atoms with Crippen LogP contribution >= 0.6 is 11.8 Å². The molecule has 2 N–H and O–H groups in total. The third kappa shape index (κ3) is 8.35. The lowest BCUT2D eigenvalue weighted by atomic mass is 9.93. The van der Waals surface area contributed by atoms with E-state index in [4.69, 9.17) is 0 Å². The van der Waals surface area contributed by atoms with Gasteiger partial charge in [0, 0.05) is 57.8 Å². The summed E-state index contributed by atoms with van der Waals surface area (Å²) in [7, 11) is 5.17. The van der Waals surface area contributed by atoms with Crippen LogP contribution in [0.5, 0.6) is 0 Å². The molecule has 0 saturated carbocycles. The van der Waals surface area contributed by atoms with Crippen LogP contribution in [0.4, 0.5) is 0 Å². The summed E-state index contributed by atoms with van der Waals surface area (Å²) in [6, 6.07) is 10.3. The van der Waals surface area contributed by atoms with E-state index >= 15 is 0 Å². The van der Waals surface area contributed by atoms with Crippen LogP contribution in [-0.2, 0) is 9.59 Å². The van der Waals surface area contributed by atoms with E-state index in [1.54, 1.807) is 37.8 Å². The van der Waals surface area contributed by atoms with Gasteiger partial charge in [-0.05, 0) is 30.9 Å². The number of likely N-dealkylation sites (tertiary alicyclic amines) is 1. The molecule has 0 atom stereocenters. The highest BCUT2D eigenvalue weighted by Gasteiger charge is 2.23. The zero-order valence-corrected chi connectivity index (χ0v) is 18.5. The van der Waals surface area contributed by atoms with Crippen molar-refractivity contribution in [2.45, 2.75) is 24.2 Å². The molecule has 7 nitrogen and oxygen atoms in total. The molecule has 0 aliphatic carbocycles. The topological polar surface area (TPSA) is 77.0 Å². The average Bonchev–Trinajstić information content (AvgIpc) is 2.74. The van der Waals surface area contributed by atoms with E-state index in [9.17, 15) is 9.59 Å². The number of benzene rings is 1. The van der Waals surface area contributed by atoms with Crippen LogP contribution in [0.2, 0.25) is 0 Å². The molecule has 1 aliphatic heterocycles. The standard InChI is InChI=1S/C21H33N5O2S/c1-22-19(27)15-17-9-12-26(13-10-17)21(24-16-20(28)25(2)3)23-11-14-29-18-7-5-4-6-8-18/h4-8,17H,9-16H2,1-3H3,(H,22,27)(H,23,24). The Bertz CT molecular complexity index is 673. The summed E-state index contributed by atoms with van der Waals surface area (Å²) in [5, 5.41) is 6.13. The zero-order chi connectivity index (χ0) is 21.1. The fraction of sp³-hybridized carbons (Fsp3) is 0.571. The Morgan fingerprint density at radius 1 is 1.21 bits per heavy atom. The second-order valence-electron chi connectivity index (χ2n) is 7.32. The van der Waals surface area contributed by atoms with E-state index in [2.05, 4.69) is 32.7 Å². The van der Waals surface area contributed by atoms with E-state index in [-0.39, 0.29) is 18.4 Å². The first-order valence-corrected chi connectivity index (χ1v) is 11.1. The number of aliphatic imine (C=N–C) groups is 1. The average molecular weight is 420 g/mol. The van der Waals surface area contributed by atoms with Crippen LogP contribution in [0.15, 0.2) is 40.2 Å². The molecule has 0 unspecified atom stereocenters. The molecule has 1 aromatic rings. The monoisotopic (exact) mass is 419 g/mol. The first-order valence-electron chi connectivity index (χ1n) is 10.1. The van der Waals surface area contributed by atoms with Gasteiger partial charge in [-0.25, -0.2) is 4.99 Å². The summed E-state index contributed by atoms with van der Waals surface area (Å²) in [5.41, 5.74) is 0. The third-order valence-electron chi connectivity index (χ3n) is 4.93. The maximum Gasteiger partial charge on any atom is 0.243 e. The van der Waals surface area contributed by atoms with Crippen molar-refractivity contribution in [1.82, 2.24) is 20.4 Å². The lowest BCUT2D eigenvalue weighted by molar-refractivity contribution is -0.127. The van der Waals surface area contributed by atoms with Crippen LogP contribution in [0.3, 0.4) is 0 Å². The molecule has 1 heterocycles. The maximum atomic E-state index is 12.0. The Balaban J connectivity index is 1.88. The predicted octanol–water partition coefficient (Wildman–Crippen LogP) is 1.66. The molecular weight excluding hydrogens is 386 g/mol. The first-order chi connectivity index (χ1) is 14.0. The molecule has 2 amide bonds. The minimum Gasteiger partial charge on any atom is -0.359 e. The smallest absolute Gasteiger partial charge is 0.243 e. The largest absolute Gasteiger partial charge is 0.359 e. The first kappa shape index (κ1) is 23.1. The summed E-state index contributed by atoms with van der Waals surface area (Å²) < 4.78 is 0. The Kier molecular flexibility index (Phi) is 9.83. The number of likely N-dealkylation sites (N-methyl/N-ethyl adjacent to an activating group) is 1. The Hall–Kier alpha value is -2.22. The number of hydrogen-bond acceptors (Lipinski definition) is 4. The molecule has 0 radical (unpaired) electrons. The molecule has 2 rings (SSSR count). The van der Waals surface area contributed by atoms with Crippen LogP contribution in [0, 0.1) is 5.92 Å². The third-order valence-corrected chi connectivity index (χ3v) is 5.94. The fourth-order valence-corrected chi connectivity index (χ4v) is 3.90. The number of nitrogens with zero attached hydrogens (tertiary/aromatic N) is 3. The molecule has 1 fully saturated rings. The lowest BCUT2D eigenvalue weighted by Gasteiger charge is -2.34. The fourth-order valence-electron chi connectivity index (χ4n) is 3.11. The lowest BCUT2D eigenvalue weighted by Crippen LogP contribution is -2.47. The maximum absolute atomic E-state index is 12.0. The van der Waals surface area contributed by atoms with E-state index in [0.717, 1.165) is 44.2 Å². The van der Waals surface area contributed by atoms with E-state index in [1.165, 1.54) is 4.90 Å². The van der Waals surface area contributed by atoms with Gasteiger partial charge in [-0.2, -0.15) is 0 Å². The molecule has 160 valence electrons. The number of hydrogen-bond donors (Lipinski definition) is 2. The highest BCUT2D eigenvalue weighted by atomic mass is 32.2. The number of piperidine rings is 1. The molecule has 1 aromatic carbocycles. The number of thioether (sulfide) groups is 1. The van der Waals surface area contributed by atoms with E-state index < -0.39 is 0 Å². The van der Waals surface area contributed by atoms with Gasteiger partial charge in [0.2, 0.25) is 11.8 Å². The van der Waals surface area contributed by atoms with Crippen molar-refractivity contribution in [3.63, 3.8) is 0 Å². The minimum absolute atomic E-state index is 0.0162. The van der Waals surface area contributed by atoms with Crippen molar-refractivity contribution in [3.8, 4) is 0 Å². The minimum atomic E-state index is -0.0162. The van der Waals surface area contributed by atoms with Gasteiger partial charge >= 0.3 is 0 Å². The number of carbonyl (C=O) groups is 2. The Morgan fingerprint density at radius 2 is 1.90 bits per heavy atom. The van der Waals surface area contributed by atoms with Gasteiger partial charge in [-0.3, -0.25) is 9.59 Å². The Labute approximate surface area is 178 Å². The zero-order valence-electron chi connectivity index (χ0n) is 17.7. The highest BCUT2D eigenvalue weighted by molar-refractivity contribution is 7.99. The van der Waals surface area contributed by atoms with Crippen molar-refractivity contribution in [3.05, 3.63) is 30.3 Å². The van der Waals surface area contributed by atoms with Crippen LogP contribution in [0.1, 0.15) is 19.3 Å². The van der Waals surface area contributed by atoms with Crippen molar-refractivity contribution in [2.24, 2.45) is 10.9 Å². The van der Waals surface area contributed by atoms with E-state index in [0.29, 0.717) is 12.3 Å². The van der Waals surface area contributed by atoms with Crippen LogP contribution in [-0.4, -0.2) is 80.6 Å². The summed E-state index contributed by atoms with van der Waals surface area (Å²) in [6.45, 7) is 2.59. The molecule has 0 bridgehead atoms. The molecule has 29 heavy (non-hydrogen) atoms. The van der Waals surface area contributed by atoms with Crippen LogP contribution < -0.4 is 10.6 Å². The van der Waals surface area contributed by atoms with Gasteiger partial charge in [-0.15, -0.1) is 11.8 Å². The van der Waals surface area contributed by atoms with Crippen molar-refractivity contribution >= 4 is 29.5 Å². The number of guanidine groups is 1. The van der Waals surface area contributed by atoms with Gasteiger partial charge in [0.05, 0.1) is 0 Å². The number of nitrogens with one attached hydrogen (secondary N) is 2. The normalized spacial score (nSPS) is 15.1. The predicted molar refractivity (Wildman–Crippen MR) is 119 cm³/mol. The van der Waals surface area contributed by atoms with Crippen LogP contribution in [0.25, 0.3) is 0 Å². The van der Waals surface area contributed by atoms with Crippen molar-refractivity contribution in [2.75, 3.05) is 53.1 Å². The molecule has 0 aromatic heterocycles. The van der Waals surface area contributed by atoms with E-state index in [1.807, 2.05) is 18.2 Å². The van der Waals surface area contributed by atoms with Gasteiger partial charge < -0.3 is 20.4 Å². The van der Waals surface area contributed by atoms with Gasteiger partial charge in [-0.1, -0.05) is 18.2 Å². The SMILES string of the molecule is CNC(=O)CC1CCN(C(=NCC(=O)N(C)C)NCCSc2ccccc2)CC1. The highest BCUT2D eigenvalue weighted by Crippen LogP contribution is 2.20. The summed E-state index contributed by atoms with van der Waals surface area (Å²) in [5.74, 6) is 2.19. The molecule has 1 aliphatic rings. The summed E-state index contributed by atoms with van der Waals surface area (Å²) >= 11 is 1.79. The molecular formula is C21H33N5O2S. The molecule has 8 heteroatoms. The number of carbonyl (C=O) groups excluding carboxylic acids is 2. The second kappa shape index (κ2) is 12.4. The Morgan fingerprint density at radius 3 is 2.52 bits per heavy atom. The van der Waals surface area contributed by atoms with Crippen molar-refractivity contribution < 1.29 is 9.59 Å². The van der Waals surface area contributed by atoms with Gasteiger partial charge in [0.25, 0.3) is 0 Å². The second-order valence-corrected chi connectivity index (χ2v) is 8.49. The van der Waals surface area contributed by atoms with Crippen molar-refractivity contribution in [1.29, 1.82) is 0 Å². The number of rotatable bonds is 8. The molecule has 0 spiro atoms. The number of amides is 2. The summed E-state index contributed by atoms with van der Waals surface area (Å²) in [6.07, 6.45) is 2.49. The summed E-state index contributed by atoms with van der Waals surface area (Å²) in [4.78, 5) is 33.2. The molecule has 1 saturated heterocycles. The van der Waals surface area contributed by atoms with Gasteiger partial charge in [0.15, 0.2) is 5.96 Å². The van der Waals surface area contributed by atoms with Gasteiger partial charge in [0.1, 0.15) is 6.54 Å².